The van der Waals surface area contributed by atoms with Crippen LogP contribution in [0.4, 0.5) is 0 Å². The Kier molecular flexibility index (Phi) is 7.24. The van der Waals surface area contributed by atoms with Crippen molar-refractivity contribution in [2.75, 3.05) is 19.8 Å². The molecule has 0 saturated carbocycles. The average Bonchev–Trinajstić information content (AvgIpc) is 2.94. The normalized spacial score (nSPS) is 14.4. The summed E-state index contributed by atoms with van der Waals surface area (Å²) in [5, 5.41) is 3.11. The molecule has 2 aromatic carbocycles. The third-order valence-electron chi connectivity index (χ3n) is 5.35. The summed E-state index contributed by atoms with van der Waals surface area (Å²) in [5.74, 6) is 2.74. The van der Waals surface area contributed by atoms with E-state index in [-0.39, 0.29) is 24.5 Å². The Balaban J connectivity index is 1.65. The van der Waals surface area contributed by atoms with Crippen LogP contribution in [0.25, 0.3) is 0 Å². The number of ether oxygens (including phenoxy) is 3. The summed E-state index contributed by atoms with van der Waals surface area (Å²) in [6, 6.07) is 11.7. The Morgan fingerprint density at radius 2 is 1.77 bits per heavy atom. The monoisotopic (exact) mass is 411 g/mol. The first-order valence-corrected chi connectivity index (χ1v) is 10.8. The van der Waals surface area contributed by atoms with E-state index in [4.69, 9.17) is 14.2 Å². The first kappa shape index (κ1) is 22.0. The third-order valence-corrected chi connectivity index (χ3v) is 5.35. The highest BCUT2D eigenvalue weighted by molar-refractivity contribution is 5.78. The van der Waals surface area contributed by atoms with Gasteiger partial charge in [0.25, 0.3) is 5.91 Å². The van der Waals surface area contributed by atoms with Gasteiger partial charge in [0.1, 0.15) is 5.75 Å². The zero-order valence-electron chi connectivity index (χ0n) is 18.7. The minimum Gasteiger partial charge on any atom is -0.490 e. The van der Waals surface area contributed by atoms with Crippen molar-refractivity contribution in [1.29, 1.82) is 0 Å². The summed E-state index contributed by atoms with van der Waals surface area (Å²) in [6.45, 7) is 11.9. The highest BCUT2D eigenvalue weighted by Crippen LogP contribution is 2.34. The van der Waals surface area contributed by atoms with E-state index < -0.39 is 0 Å². The highest BCUT2D eigenvalue weighted by atomic mass is 16.5. The van der Waals surface area contributed by atoms with Gasteiger partial charge in [-0.25, -0.2) is 0 Å². The second-order valence-electron chi connectivity index (χ2n) is 8.51. The topological polar surface area (TPSA) is 56.8 Å². The quantitative estimate of drug-likeness (QED) is 0.683. The van der Waals surface area contributed by atoms with E-state index >= 15 is 0 Å². The van der Waals surface area contributed by atoms with E-state index in [0.717, 1.165) is 23.5 Å². The van der Waals surface area contributed by atoms with E-state index in [1.165, 1.54) is 11.1 Å². The number of aryl methyl sites for hydroxylation is 1. The smallest absolute Gasteiger partial charge is 0.258 e. The maximum Gasteiger partial charge on any atom is 0.258 e. The molecule has 1 aliphatic heterocycles. The maximum atomic E-state index is 12.6. The molecular formula is C25H33NO4. The number of hydrogen-bond acceptors (Lipinski definition) is 4. The van der Waals surface area contributed by atoms with Crippen molar-refractivity contribution >= 4 is 5.91 Å². The number of rotatable bonds is 7. The van der Waals surface area contributed by atoms with Gasteiger partial charge in [0, 0.05) is 6.42 Å². The second-order valence-corrected chi connectivity index (χ2v) is 8.51. The van der Waals surface area contributed by atoms with Crippen LogP contribution in [-0.4, -0.2) is 25.7 Å². The van der Waals surface area contributed by atoms with E-state index in [1.54, 1.807) is 0 Å². The van der Waals surface area contributed by atoms with E-state index in [2.05, 4.69) is 46.0 Å². The molecule has 30 heavy (non-hydrogen) atoms. The van der Waals surface area contributed by atoms with Crippen LogP contribution in [0.15, 0.2) is 36.4 Å². The average molecular weight is 412 g/mol. The van der Waals surface area contributed by atoms with Gasteiger partial charge >= 0.3 is 0 Å². The van der Waals surface area contributed by atoms with Crippen LogP contribution in [0.5, 0.6) is 17.2 Å². The number of fused-ring (bicyclic) bond motifs is 1. The number of carbonyl (C=O) groups excluding carboxylic acids is 1. The number of carbonyl (C=O) groups is 1. The lowest BCUT2D eigenvalue weighted by atomic mass is 9.95. The Morgan fingerprint density at radius 3 is 2.43 bits per heavy atom. The lowest BCUT2D eigenvalue weighted by Crippen LogP contribution is -2.35. The Bertz CT molecular complexity index is 875. The fraction of sp³-hybridized carbons (Fsp3) is 0.480. The maximum absolute atomic E-state index is 12.6. The molecule has 1 heterocycles. The van der Waals surface area contributed by atoms with Crippen molar-refractivity contribution in [2.45, 2.75) is 53.0 Å². The van der Waals surface area contributed by atoms with Gasteiger partial charge in [-0.3, -0.25) is 4.79 Å². The number of benzene rings is 2. The van der Waals surface area contributed by atoms with Gasteiger partial charge in [0.05, 0.1) is 19.3 Å². The van der Waals surface area contributed by atoms with Crippen molar-refractivity contribution in [2.24, 2.45) is 5.92 Å². The highest BCUT2D eigenvalue weighted by Gasteiger charge is 2.21. The molecule has 2 aromatic rings. The lowest BCUT2D eigenvalue weighted by Gasteiger charge is -2.24. The summed E-state index contributed by atoms with van der Waals surface area (Å²) < 4.78 is 17.3. The molecule has 0 fully saturated rings. The molecule has 0 saturated heterocycles. The Labute approximate surface area is 179 Å². The summed E-state index contributed by atoms with van der Waals surface area (Å²) in [6.07, 6.45) is 0.864. The van der Waals surface area contributed by atoms with Crippen molar-refractivity contribution in [3.8, 4) is 17.2 Å². The molecule has 5 nitrogen and oxygen atoms in total. The van der Waals surface area contributed by atoms with Gasteiger partial charge in [-0.15, -0.1) is 0 Å². The first-order chi connectivity index (χ1) is 14.3. The molecule has 0 aromatic heterocycles. The molecule has 1 amide bonds. The third kappa shape index (κ3) is 5.47. The SMILES string of the molecule is Cc1cc(OCC(=O)N[C@@H](c2ccc3c(c2)OCCCO3)C(C)C)ccc1C(C)C. The van der Waals surface area contributed by atoms with Gasteiger partial charge in [-0.1, -0.05) is 39.8 Å². The molecule has 5 heteroatoms. The van der Waals surface area contributed by atoms with Crippen molar-refractivity contribution in [3.63, 3.8) is 0 Å². The van der Waals surface area contributed by atoms with Crippen LogP contribution in [-0.2, 0) is 4.79 Å². The van der Waals surface area contributed by atoms with Crippen LogP contribution < -0.4 is 19.5 Å². The standard InChI is InChI=1S/C25H33NO4/c1-16(2)21-9-8-20(13-18(21)5)30-15-24(27)26-25(17(3)4)19-7-10-22-23(14-19)29-12-6-11-28-22/h7-10,13-14,16-17,25H,6,11-12,15H2,1-5H3,(H,26,27)/t25-/m1/s1. The molecule has 0 bridgehead atoms. The van der Waals surface area contributed by atoms with E-state index in [1.807, 2.05) is 30.3 Å². The van der Waals surface area contributed by atoms with Crippen LogP contribution in [0.2, 0.25) is 0 Å². The summed E-state index contributed by atoms with van der Waals surface area (Å²) in [4.78, 5) is 12.6. The van der Waals surface area contributed by atoms with Crippen LogP contribution in [0.1, 0.15) is 62.8 Å². The number of amides is 1. The molecule has 0 spiro atoms. The molecular weight excluding hydrogens is 378 g/mol. The molecule has 0 unspecified atom stereocenters. The number of nitrogens with one attached hydrogen (secondary N) is 1. The summed E-state index contributed by atoms with van der Waals surface area (Å²) >= 11 is 0. The molecule has 162 valence electrons. The predicted molar refractivity (Wildman–Crippen MR) is 119 cm³/mol. The van der Waals surface area contributed by atoms with Crippen molar-refractivity contribution in [3.05, 3.63) is 53.1 Å². The van der Waals surface area contributed by atoms with Crippen LogP contribution >= 0.6 is 0 Å². The Hall–Kier alpha value is -2.69. The fourth-order valence-electron chi connectivity index (χ4n) is 3.76. The molecule has 0 aliphatic carbocycles. The summed E-state index contributed by atoms with van der Waals surface area (Å²) in [5.41, 5.74) is 3.47. The first-order valence-electron chi connectivity index (χ1n) is 10.8. The van der Waals surface area contributed by atoms with Crippen molar-refractivity contribution in [1.82, 2.24) is 5.32 Å². The molecule has 1 aliphatic rings. The molecule has 1 atom stereocenters. The minimum absolute atomic E-state index is 0.0196. The van der Waals surface area contributed by atoms with E-state index in [0.29, 0.717) is 24.9 Å². The summed E-state index contributed by atoms with van der Waals surface area (Å²) in [7, 11) is 0. The van der Waals surface area contributed by atoms with Gasteiger partial charge in [0.2, 0.25) is 0 Å². The van der Waals surface area contributed by atoms with Gasteiger partial charge in [-0.05, 0) is 59.7 Å². The predicted octanol–water partition coefficient (Wildman–Crippen LogP) is 5.17. The minimum atomic E-state index is -0.147. The van der Waals surface area contributed by atoms with E-state index in [9.17, 15) is 4.79 Å². The number of hydrogen-bond donors (Lipinski definition) is 1. The van der Waals surface area contributed by atoms with Crippen LogP contribution in [0, 0.1) is 12.8 Å². The van der Waals surface area contributed by atoms with Gasteiger partial charge < -0.3 is 19.5 Å². The lowest BCUT2D eigenvalue weighted by molar-refractivity contribution is -0.124. The molecule has 0 radical (unpaired) electrons. The molecule has 3 rings (SSSR count). The Morgan fingerprint density at radius 1 is 1.03 bits per heavy atom. The zero-order chi connectivity index (χ0) is 21.7. The zero-order valence-corrected chi connectivity index (χ0v) is 18.7. The fourth-order valence-corrected chi connectivity index (χ4v) is 3.76. The van der Waals surface area contributed by atoms with Gasteiger partial charge in [0.15, 0.2) is 18.1 Å². The van der Waals surface area contributed by atoms with Gasteiger partial charge in [-0.2, -0.15) is 0 Å². The van der Waals surface area contributed by atoms with Crippen LogP contribution in [0.3, 0.4) is 0 Å². The van der Waals surface area contributed by atoms with Crippen molar-refractivity contribution < 1.29 is 19.0 Å². The second kappa shape index (κ2) is 9.88. The largest absolute Gasteiger partial charge is 0.490 e. The molecule has 1 N–H and O–H groups in total.